The van der Waals surface area contributed by atoms with E-state index >= 15 is 0 Å². The Bertz CT molecular complexity index is 268. The van der Waals surface area contributed by atoms with Crippen LogP contribution in [0.1, 0.15) is 18.1 Å². The Balaban J connectivity index is 2.85. The number of hydrogen-bond acceptors (Lipinski definition) is 0. The minimum Gasteiger partial charge on any atom is -0.173 e. The molecule has 1 aromatic carbocycles. The van der Waals surface area contributed by atoms with E-state index in [1.165, 1.54) is 0 Å². The van der Waals surface area contributed by atoms with Crippen LogP contribution >= 0.6 is 0 Å². The third kappa shape index (κ3) is 2.46. The summed E-state index contributed by atoms with van der Waals surface area (Å²) in [5.41, 5.74) is 1.71. The van der Waals surface area contributed by atoms with E-state index in [9.17, 15) is 8.78 Å². The number of aryl methyl sites for hydroxylation is 1. The summed E-state index contributed by atoms with van der Waals surface area (Å²) in [6, 6.07) is 7.10. The standard InChI is InChI=1S/C10H10F2/c1-2-8-3-5-9(6-4-8)7-10(11)12/h3-7H,2H2,1H3. The molecule has 0 amide bonds. The maximum absolute atomic E-state index is 11.8. The number of benzene rings is 1. The number of rotatable bonds is 2. The van der Waals surface area contributed by atoms with E-state index in [2.05, 4.69) is 0 Å². The van der Waals surface area contributed by atoms with E-state index in [0.717, 1.165) is 18.1 Å². The molecule has 0 bridgehead atoms. The largest absolute Gasteiger partial charge is 0.270 e. The Morgan fingerprint density at radius 1 is 1.25 bits per heavy atom. The SMILES string of the molecule is CCc1ccc(C=C(F)F)cc1. The molecule has 64 valence electrons. The average molecular weight is 168 g/mol. The second kappa shape index (κ2) is 4.00. The van der Waals surface area contributed by atoms with E-state index in [0.29, 0.717) is 5.56 Å². The van der Waals surface area contributed by atoms with Crippen LogP contribution in [0.3, 0.4) is 0 Å². The van der Waals surface area contributed by atoms with Gasteiger partial charge in [-0.1, -0.05) is 31.2 Å². The first kappa shape index (κ1) is 8.91. The van der Waals surface area contributed by atoms with Gasteiger partial charge in [0.1, 0.15) is 0 Å². The van der Waals surface area contributed by atoms with Gasteiger partial charge in [-0.2, -0.15) is 8.78 Å². The zero-order valence-electron chi connectivity index (χ0n) is 6.85. The Labute approximate surface area is 70.5 Å². The van der Waals surface area contributed by atoms with Gasteiger partial charge < -0.3 is 0 Å². The van der Waals surface area contributed by atoms with E-state index < -0.39 is 6.08 Å². The summed E-state index contributed by atoms with van der Waals surface area (Å²) < 4.78 is 23.5. The Kier molecular flexibility index (Phi) is 2.97. The van der Waals surface area contributed by atoms with Gasteiger partial charge in [-0.05, 0) is 17.5 Å². The zero-order chi connectivity index (χ0) is 8.97. The molecule has 0 N–H and O–H groups in total. The monoisotopic (exact) mass is 168 g/mol. The fraction of sp³-hybridized carbons (Fsp3) is 0.200. The van der Waals surface area contributed by atoms with Crippen LogP contribution in [0.15, 0.2) is 30.3 Å². The van der Waals surface area contributed by atoms with Crippen LogP contribution in [0.5, 0.6) is 0 Å². The van der Waals surface area contributed by atoms with Gasteiger partial charge in [0, 0.05) is 6.08 Å². The summed E-state index contributed by atoms with van der Waals surface area (Å²) in [5, 5.41) is 0. The molecule has 0 atom stereocenters. The first-order valence-electron chi connectivity index (χ1n) is 3.84. The van der Waals surface area contributed by atoms with Crippen molar-refractivity contribution in [3.8, 4) is 0 Å². The Morgan fingerprint density at radius 2 is 1.83 bits per heavy atom. The molecule has 1 rings (SSSR count). The summed E-state index contributed by atoms with van der Waals surface area (Å²) in [6.07, 6.45) is 0.140. The van der Waals surface area contributed by atoms with E-state index in [1.54, 1.807) is 12.1 Å². The summed E-state index contributed by atoms with van der Waals surface area (Å²) in [5.74, 6) is 0. The molecule has 0 fully saturated rings. The van der Waals surface area contributed by atoms with Gasteiger partial charge in [0.25, 0.3) is 6.08 Å². The molecule has 0 aliphatic heterocycles. The van der Waals surface area contributed by atoms with Gasteiger partial charge in [-0.3, -0.25) is 0 Å². The lowest BCUT2D eigenvalue weighted by atomic mass is 10.1. The van der Waals surface area contributed by atoms with Crippen molar-refractivity contribution in [2.75, 3.05) is 0 Å². The van der Waals surface area contributed by atoms with Crippen LogP contribution in [0.25, 0.3) is 6.08 Å². The topological polar surface area (TPSA) is 0 Å². The number of hydrogen-bond donors (Lipinski definition) is 0. The summed E-state index contributed by atoms with van der Waals surface area (Å²) in [4.78, 5) is 0. The summed E-state index contributed by atoms with van der Waals surface area (Å²) >= 11 is 0. The first-order valence-corrected chi connectivity index (χ1v) is 3.84. The minimum atomic E-state index is -1.65. The molecule has 0 spiro atoms. The molecule has 0 aliphatic carbocycles. The second-order valence-corrected chi connectivity index (χ2v) is 2.53. The first-order chi connectivity index (χ1) is 5.72. The van der Waals surface area contributed by atoms with Gasteiger partial charge in [0.05, 0.1) is 0 Å². The molecule has 0 aliphatic rings. The molecular weight excluding hydrogens is 158 g/mol. The number of halogens is 2. The quantitative estimate of drug-likeness (QED) is 0.634. The lowest BCUT2D eigenvalue weighted by molar-refractivity contribution is 0.429. The maximum Gasteiger partial charge on any atom is 0.270 e. The Hall–Kier alpha value is -1.18. The van der Waals surface area contributed by atoms with Crippen LogP contribution in [-0.4, -0.2) is 0 Å². The van der Waals surface area contributed by atoms with E-state index in [-0.39, 0.29) is 0 Å². The van der Waals surface area contributed by atoms with Crippen molar-refractivity contribution < 1.29 is 8.78 Å². The third-order valence-corrected chi connectivity index (χ3v) is 1.66. The molecule has 0 aromatic heterocycles. The van der Waals surface area contributed by atoms with Crippen LogP contribution in [0.2, 0.25) is 0 Å². The molecule has 0 nitrogen and oxygen atoms in total. The van der Waals surface area contributed by atoms with E-state index in [4.69, 9.17) is 0 Å². The van der Waals surface area contributed by atoms with Crippen molar-refractivity contribution >= 4 is 6.08 Å². The smallest absolute Gasteiger partial charge is 0.173 e. The molecule has 0 unspecified atom stereocenters. The fourth-order valence-corrected chi connectivity index (χ4v) is 0.976. The molecule has 2 heteroatoms. The van der Waals surface area contributed by atoms with Gasteiger partial charge in [0.15, 0.2) is 0 Å². The predicted molar refractivity (Wildman–Crippen MR) is 46.0 cm³/mol. The van der Waals surface area contributed by atoms with Crippen molar-refractivity contribution in [3.05, 3.63) is 41.5 Å². The van der Waals surface area contributed by atoms with Crippen LogP contribution < -0.4 is 0 Å². The lowest BCUT2D eigenvalue weighted by Gasteiger charge is -1.95. The highest BCUT2D eigenvalue weighted by Crippen LogP contribution is 2.10. The van der Waals surface area contributed by atoms with Crippen molar-refractivity contribution in [3.63, 3.8) is 0 Å². The highest BCUT2D eigenvalue weighted by atomic mass is 19.3. The minimum absolute atomic E-state index is 0.548. The van der Waals surface area contributed by atoms with Gasteiger partial charge in [0.2, 0.25) is 0 Å². The van der Waals surface area contributed by atoms with Crippen LogP contribution in [0, 0.1) is 0 Å². The van der Waals surface area contributed by atoms with Crippen molar-refractivity contribution in [2.45, 2.75) is 13.3 Å². The van der Waals surface area contributed by atoms with Crippen LogP contribution in [-0.2, 0) is 6.42 Å². The molecule has 0 heterocycles. The molecule has 1 aromatic rings. The van der Waals surface area contributed by atoms with E-state index in [1.807, 2.05) is 19.1 Å². The molecular formula is C10H10F2. The molecule has 0 radical (unpaired) electrons. The highest BCUT2D eigenvalue weighted by Gasteiger charge is 1.92. The second-order valence-electron chi connectivity index (χ2n) is 2.53. The van der Waals surface area contributed by atoms with Crippen molar-refractivity contribution in [1.29, 1.82) is 0 Å². The van der Waals surface area contributed by atoms with Crippen molar-refractivity contribution in [2.24, 2.45) is 0 Å². The van der Waals surface area contributed by atoms with Crippen molar-refractivity contribution in [1.82, 2.24) is 0 Å². The lowest BCUT2D eigenvalue weighted by Crippen LogP contribution is -1.79. The third-order valence-electron chi connectivity index (χ3n) is 1.66. The summed E-state index contributed by atoms with van der Waals surface area (Å²) in [6.45, 7) is 2.03. The molecule has 0 saturated carbocycles. The molecule has 0 saturated heterocycles. The highest BCUT2D eigenvalue weighted by molar-refractivity contribution is 5.50. The zero-order valence-corrected chi connectivity index (χ0v) is 6.85. The van der Waals surface area contributed by atoms with Gasteiger partial charge in [-0.15, -0.1) is 0 Å². The fourth-order valence-electron chi connectivity index (χ4n) is 0.976. The summed E-state index contributed by atoms with van der Waals surface area (Å²) in [7, 11) is 0. The van der Waals surface area contributed by atoms with Gasteiger partial charge in [-0.25, -0.2) is 0 Å². The average Bonchev–Trinajstić information content (AvgIpc) is 2.05. The van der Waals surface area contributed by atoms with Gasteiger partial charge >= 0.3 is 0 Å². The molecule has 12 heavy (non-hydrogen) atoms. The normalized spacial score (nSPS) is 9.58. The van der Waals surface area contributed by atoms with Crippen LogP contribution in [0.4, 0.5) is 8.78 Å². The Morgan fingerprint density at radius 3 is 2.25 bits per heavy atom. The predicted octanol–water partition coefficient (Wildman–Crippen LogP) is 3.49. The maximum atomic E-state index is 11.8.